The van der Waals surface area contributed by atoms with Crippen LogP contribution in [-0.2, 0) is 19.1 Å². The van der Waals surface area contributed by atoms with Crippen LogP contribution in [0.2, 0.25) is 0 Å². The van der Waals surface area contributed by atoms with E-state index in [1.807, 2.05) is 12.1 Å². The maximum atomic E-state index is 13.5. The van der Waals surface area contributed by atoms with Crippen LogP contribution >= 0.6 is 0 Å². The number of rotatable bonds is 6. The summed E-state index contributed by atoms with van der Waals surface area (Å²) >= 11 is 0. The molecule has 8 heteroatoms. The molecule has 0 bridgehead atoms. The number of carbonyl (C=O) groups is 1. The van der Waals surface area contributed by atoms with Crippen molar-refractivity contribution in [3.05, 3.63) is 94.8 Å². The van der Waals surface area contributed by atoms with Crippen molar-refractivity contribution < 1.29 is 27.8 Å². The van der Waals surface area contributed by atoms with Crippen LogP contribution in [0.15, 0.2) is 66.7 Å². The Bertz CT molecular complexity index is 1280. The van der Waals surface area contributed by atoms with Crippen molar-refractivity contribution in [2.45, 2.75) is 19.1 Å². The van der Waals surface area contributed by atoms with Gasteiger partial charge in [0, 0.05) is 13.0 Å². The maximum Gasteiger partial charge on any atom is 0.416 e. The van der Waals surface area contributed by atoms with E-state index in [1.54, 1.807) is 35.9 Å². The fraction of sp³-hybridized carbons (Fsp3) is 0.167. The first-order valence-corrected chi connectivity index (χ1v) is 9.77. The summed E-state index contributed by atoms with van der Waals surface area (Å²) in [6, 6.07) is 17.2. The second-order valence-corrected chi connectivity index (χ2v) is 7.30. The molecule has 0 fully saturated rings. The minimum Gasteiger partial charge on any atom is -0.497 e. The number of hydrogen-bond acceptors (Lipinski definition) is 3. The Kier molecular flexibility index (Phi) is 5.61. The van der Waals surface area contributed by atoms with Crippen molar-refractivity contribution in [1.29, 1.82) is 0 Å². The number of fused-ring (bicyclic) bond motifs is 1. The molecule has 0 saturated carbocycles. The topological polar surface area (TPSA) is 64.3 Å². The summed E-state index contributed by atoms with van der Waals surface area (Å²) < 4.78 is 47.5. The number of alkyl halides is 3. The average molecular weight is 440 g/mol. The first-order valence-electron chi connectivity index (χ1n) is 9.77. The number of ether oxygens (including phenoxy) is 1. The lowest BCUT2D eigenvalue weighted by atomic mass is 10.1. The van der Waals surface area contributed by atoms with Gasteiger partial charge in [-0.25, -0.2) is 9.78 Å². The highest BCUT2D eigenvalue weighted by molar-refractivity contribution is 5.92. The lowest BCUT2D eigenvalue weighted by Crippen LogP contribution is -2.13. The van der Waals surface area contributed by atoms with Crippen LogP contribution in [0.5, 0.6) is 5.75 Å². The fourth-order valence-electron chi connectivity index (χ4n) is 3.66. The summed E-state index contributed by atoms with van der Waals surface area (Å²) in [5, 5.41) is 9.29. The van der Waals surface area contributed by atoms with Crippen molar-refractivity contribution in [1.82, 2.24) is 9.55 Å². The molecule has 1 aromatic heterocycles. The largest absolute Gasteiger partial charge is 0.497 e. The third kappa shape index (κ3) is 4.30. The molecule has 164 valence electrons. The molecule has 1 N–H and O–H groups in total. The van der Waals surface area contributed by atoms with E-state index in [2.05, 4.69) is 4.98 Å². The Morgan fingerprint density at radius 1 is 1.06 bits per heavy atom. The van der Waals surface area contributed by atoms with E-state index >= 15 is 0 Å². The first-order chi connectivity index (χ1) is 15.3. The second kappa shape index (κ2) is 8.37. The van der Waals surface area contributed by atoms with Gasteiger partial charge in [0.15, 0.2) is 0 Å². The van der Waals surface area contributed by atoms with Gasteiger partial charge in [0.25, 0.3) is 0 Å². The lowest BCUT2D eigenvalue weighted by Gasteiger charge is -2.15. The van der Waals surface area contributed by atoms with Gasteiger partial charge in [0.1, 0.15) is 11.6 Å². The van der Waals surface area contributed by atoms with Crippen LogP contribution in [-0.4, -0.2) is 27.7 Å². The molecule has 0 aliphatic carbocycles. The zero-order chi connectivity index (χ0) is 22.9. The molecule has 0 unspecified atom stereocenters. The van der Waals surface area contributed by atoms with Crippen LogP contribution in [0, 0.1) is 0 Å². The summed E-state index contributed by atoms with van der Waals surface area (Å²) in [6.07, 6.45) is -4.13. The van der Waals surface area contributed by atoms with Gasteiger partial charge < -0.3 is 14.4 Å². The minimum atomic E-state index is -4.49. The highest BCUT2D eigenvalue weighted by Crippen LogP contribution is 2.33. The average Bonchev–Trinajstić information content (AvgIpc) is 3.10. The van der Waals surface area contributed by atoms with Gasteiger partial charge in [0.05, 0.1) is 29.3 Å². The van der Waals surface area contributed by atoms with Gasteiger partial charge in [-0.2, -0.15) is 13.2 Å². The quantitative estimate of drug-likeness (QED) is 0.436. The van der Waals surface area contributed by atoms with Crippen molar-refractivity contribution in [2.75, 3.05) is 7.11 Å². The fourth-order valence-corrected chi connectivity index (χ4v) is 3.66. The molecule has 0 aliphatic heterocycles. The molecule has 0 radical (unpaired) electrons. The predicted molar refractivity (Wildman–Crippen MR) is 113 cm³/mol. The smallest absolute Gasteiger partial charge is 0.416 e. The van der Waals surface area contributed by atoms with Crippen molar-refractivity contribution in [3.8, 4) is 5.75 Å². The van der Waals surface area contributed by atoms with E-state index in [4.69, 9.17) is 4.74 Å². The Morgan fingerprint density at radius 2 is 1.78 bits per heavy atom. The van der Waals surface area contributed by atoms with Gasteiger partial charge in [-0.15, -0.1) is 0 Å². The third-order valence-corrected chi connectivity index (χ3v) is 5.25. The predicted octanol–water partition coefficient (Wildman–Crippen LogP) is 5.40. The summed E-state index contributed by atoms with van der Waals surface area (Å²) in [5.74, 6) is 0.123. The number of nitrogens with zero attached hydrogens (tertiary/aromatic N) is 2. The number of aromatic nitrogens is 2. The van der Waals surface area contributed by atoms with Crippen LogP contribution in [0.1, 0.15) is 32.9 Å². The molecule has 0 atom stereocenters. The van der Waals surface area contributed by atoms with Gasteiger partial charge >= 0.3 is 12.1 Å². The number of imidazole rings is 1. The third-order valence-electron chi connectivity index (χ3n) is 5.25. The molecule has 4 aromatic rings. The number of benzene rings is 3. The maximum absolute atomic E-state index is 13.5. The Labute approximate surface area is 181 Å². The summed E-state index contributed by atoms with van der Waals surface area (Å²) in [6.45, 7) is -0.0515. The second-order valence-electron chi connectivity index (χ2n) is 7.30. The monoisotopic (exact) mass is 440 g/mol. The number of carboxylic acid groups (broad SMARTS) is 1. The lowest BCUT2D eigenvalue weighted by molar-refractivity contribution is -0.138. The first kappa shape index (κ1) is 21.4. The molecule has 5 nitrogen and oxygen atoms in total. The van der Waals surface area contributed by atoms with Crippen molar-refractivity contribution in [2.24, 2.45) is 0 Å². The zero-order valence-corrected chi connectivity index (χ0v) is 17.1. The van der Waals surface area contributed by atoms with Crippen LogP contribution < -0.4 is 4.74 Å². The highest BCUT2D eigenvalue weighted by atomic mass is 19.4. The number of methoxy groups -OCH3 is 1. The van der Waals surface area contributed by atoms with Crippen LogP contribution in [0.3, 0.4) is 0 Å². The molecule has 1 heterocycles. The van der Waals surface area contributed by atoms with Gasteiger partial charge in [-0.3, -0.25) is 0 Å². The molecule has 3 aromatic carbocycles. The van der Waals surface area contributed by atoms with Crippen LogP contribution in [0.4, 0.5) is 13.2 Å². The minimum absolute atomic E-state index is 0.0515. The molecule has 0 spiro atoms. The molecular formula is C24H19F3N2O3. The van der Waals surface area contributed by atoms with Gasteiger partial charge in [-0.05, 0) is 47.5 Å². The van der Waals surface area contributed by atoms with E-state index < -0.39 is 17.7 Å². The summed E-state index contributed by atoms with van der Waals surface area (Å²) in [5.41, 5.74) is 1.34. The van der Waals surface area contributed by atoms with Crippen molar-refractivity contribution >= 4 is 17.0 Å². The Morgan fingerprint density at radius 3 is 2.44 bits per heavy atom. The van der Waals surface area contributed by atoms with Crippen molar-refractivity contribution in [3.63, 3.8) is 0 Å². The number of carboxylic acids is 1. The number of aromatic carboxylic acids is 1. The molecule has 0 aliphatic rings. The number of halogens is 3. The van der Waals surface area contributed by atoms with E-state index in [1.165, 1.54) is 24.3 Å². The zero-order valence-electron chi connectivity index (χ0n) is 17.1. The molecule has 0 saturated heterocycles. The Hall–Kier alpha value is -3.81. The molecule has 0 amide bonds. The van der Waals surface area contributed by atoms with Crippen LogP contribution in [0.25, 0.3) is 11.0 Å². The summed E-state index contributed by atoms with van der Waals surface area (Å²) in [4.78, 5) is 15.9. The van der Waals surface area contributed by atoms with E-state index in [-0.39, 0.29) is 17.7 Å². The normalized spacial score (nSPS) is 11.6. The van der Waals surface area contributed by atoms with E-state index in [0.29, 0.717) is 29.0 Å². The summed E-state index contributed by atoms with van der Waals surface area (Å²) in [7, 11) is 1.56. The van der Waals surface area contributed by atoms with Gasteiger partial charge in [0.2, 0.25) is 0 Å². The standard InChI is InChI=1S/C24H19F3N2O3/c1-32-18-9-6-15(7-10-18)12-22-28-20-13-16(23(30)31)8-11-21(20)29(22)14-17-4-2-3-5-19(17)24(25,26)27/h2-11,13H,12,14H2,1H3,(H,30,31). The molecular weight excluding hydrogens is 421 g/mol. The van der Waals surface area contributed by atoms with Gasteiger partial charge in [-0.1, -0.05) is 30.3 Å². The molecule has 4 rings (SSSR count). The number of hydrogen-bond donors (Lipinski definition) is 1. The van der Waals surface area contributed by atoms with E-state index in [0.717, 1.165) is 11.6 Å². The molecule has 32 heavy (non-hydrogen) atoms. The SMILES string of the molecule is COc1ccc(Cc2nc3cc(C(=O)O)ccc3n2Cc2ccccc2C(F)(F)F)cc1. The Balaban J connectivity index is 1.82. The highest BCUT2D eigenvalue weighted by Gasteiger charge is 2.33. The van der Waals surface area contributed by atoms with E-state index in [9.17, 15) is 23.1 Å².